The number of aromatic amines is 1. The standard InChI is InChI=1S/C99H139N25O21S/c1-52(2)42-69-90(138)122-81(54(5)6)95(143)123-82(56(8)125)96(144)120-75(92(140)110-55(7)83(102)131)50-146-51-78(128)111-73(47-77(101)127)88(136)116-70(44-59-33-37-63(126)38-34-59)87(135)118-74(48-79(129)130)89(137)117-72(46-62-49-109-65-27-17-16-26-64(62)65)91(139)121-80(53(3)4)94(142)119-71(43-58-31-35-61(36-32-58)60-24-14-11-15-25-60)86(134)112-66(29-20-40-107-98(103)104)84(132)114-68(28-18-19-39-100)97(145)124(9)76(45-57-22-12-10-13-23-57)93(141)113-67(85(133)115-69)30-21-41-108-99(105)106/h10-17,22-27,31-38,49,52-56,66-76,80-82,109,125-126H,18-21,28-30,39-48,50-51,100H2,1-9H3,(H2,101,127)(H2,102,131)(H,110,140)(H,111,128)(H,112,134)(H,113,141)(H,114,132)(H,115,133)(H,116,136)(H,117,137)(H,118,135)(H,119,142)(H,120,144)(H,121,139)(H,122,138)(H,123,143)(H,129,130)(H4,103,104,107)(H4,105,106,108)/t55-,56+,66-,67-,68-,69-,70-,71-,72-,73-,74-,75-,76-,80-,81-,82-/m0/s1. The number of phenolic OH excluding ortho intramolecular Hbond substituents is 1. The van der Waals surface area contributed by atoms with Crippen molar-refractivity contribution in [2.75, 3.05) is 38.2 Å². The lowest BCUT2D eigenvalue weighted by molar-refractivity contribution is -0.143. The van der Waals surface area contributed by atoms with Crippen LogP contribution in [0, 0.1) is 28.6 Å². The zero-order valence-corrected chi connectivity index (χ0v) is 83.9. The van der Waals surface area contributed by atoms with Crippen molar-refractivity contribution in [3.63, 3.8) is 0 Å². The van der Waals surface area contributed by atoms with E-state index in [1.54, 1.807) is 107 Å². The summed E-state index contributed by atoms with van der Waals surface area (Å²) in [5.74, 6) is -24.7. The van der Waals surface area contributed by atoms with Gasteiger partial charge in [-0.3, -0.25) is 97.1 Å². The number of benzene rings is 5. The number of para-hydroxylation sites is 1. The molecule has 0 bridgehead atoms. The first-order chi connectivity index (χ1) is 69.2. The molecule has 17 amide bonds. The van der Waals surface area contributed by atoms with Crippen molar-refractivity contribution in [3.8, 4) is 16.9 Å². The molecule has 1 fully saturated rings. The number of primary amides is 2. The molecule has 16 atom stereocenters. The number of nitrogens with zero attached hydrogens (tertiary/aromatic N) is 1. The second kappa shape index (κ2) is 58.5. The molecule has 1 aromatic heterocycles. The van der Waals surface area contributed by atoms with Gasteiger partial charge in [-0.1, -0.05) is 157 Å². The summed E-state index contributed by atoms with van der Waals surface area (Å²) in [6.45, 7) is 11.9. The smallest absolute Gasteiger partial charge is 0.305 e. The zero-order chi connectivity index (χ0) is 108. The molecule has 5 aromatic carbocycles. The quantitative estimate of drug-likeness (QED) is 0.0114. The number of unbranched alkanes of at least 4 members (excludes halogenated alkanes) is 1. The summed E-state index contributed by atoms with van der Waals surface area (Å²) in [7, 11) is 1.30. The van der Waals surface area contributed by atoms with E-state index in [4.69, 9.17) is 39.5 Å². The third-order valence-corrected chi connectivity index (χ3v) is 25.0. The lowest BCUT2D eigenvalue weighted by atomic mass is 9.98. The van der Waals surface area contributed by atoms with Crippen molar-refractivity contribution < 1.29 is 102 Å². The summed E-state index contributed by atoms with van der Waals surface area (Å²) in [5.41, 5.74) is 32.3. The maximum Gasteiger partial charge on any atom is 0.305 e. The van der Waals surface area contributed by atoms with E-state index in [9.17, 15) is 58.5 Å². The number of carboxylic acids is 1. The number of rotatable bonds is 33. The Bertz CT molecular complexity index is 5520. The first kappa shape index (κ1) is 118. The molecule has 0 spiro atoms. The molecule has 32 N–H and O–H groups in total. The largest absolute Gasteiger partial charge is 0.508 e. The molecule has 1 aliphatic heterocycles. The number of guanidine groups is 2. The van der Waals surface area contributed by atoms with E-state index < -0.39 is 270 Å². The van der Waals surface area contributed by atoms with Crippen molar-refractivity contribution in [2.24, 2.45) is 46.4 Å². The van der Waals surface area contributed by atoms with Gasteiger partial charge in [-0.05, 0) is 141 Å². The van der Waals surface area contributed by atoms with Crippen molar-refractivity contribution >= 4 is 141 Å². The van der Waals surface area contributed by atoms with Gasteiger partial charge in [0.15, 0.2) is 11.9 Å². The number of aliphatic carboxylic acids is 1. The molecule has 0 radical (unpaired) electrons. The molecular formula is C99H139N25O21S. The molecule has 46 nitrogen and oxygen atoms in total. The van der Waals surface area contributed by atoms with Gasteiger partial charge in [0.05, 0.1) is 24.7 Å². The minimum atomic E-state index is -2.15. The number of aromatic nitrogens is 1. The van der Waals surface area contributed by atoms with Crippen molar-refractivity contribution in [1.82, 2.24) is 95.0 Å². The van der Waals surface area contributed by atoms with Gasteiger partial charge in [-0.2, -0.15) is 0 Å². The molecule has 792 valence electrons. The number of phenols is 1. The molecule has 0 saturated carbocycles. The number of fused-ring (bicyclic) bond motifs is 1. The fourth-order valence-corrected chi connectivity index (χ4v) is 16.8. The minimum Gasteiger partial charge on any atom is -0.508 e. The second-order valence-electron chi connectivity index (χ2n) is 37.0. The van der Waals surface area contributed by atoms with Crippen molar-refractivity contribution in [1.29, 1.82) is 10.8 Å². The van der Waals surface area contributed by atoms with Crippen LogP contribution in [0.4, 0.5) is 0 Å². The third kappa shape index (κ3) is 38.4. The number of likely N-dealkylation sites (N-methyl/N-ethyl adjacent to an activating group) is 1. The van der Waals surface area contributed by atoms with Crippen LogP contribution in [0.1, 0.15) is 142 Å². The van der Waals surface area contributed by atoms with E-state index in [1.807, 2.05) is 30.3 Å². The summed E-state index contributed by atoms with van der Waals surface area (Å²) < 4.78 is 0. The predicted octanol–water partition coefficient (Wildman–Crippen LogP) is -2.58. The molecule has 47 heteroatoms. The number of aromatic hydroxyl groups is 1. The lowest BCUT2D eigenvalue weighted by Crippen LogP contribution is -2.63. The number of aliphatic hydroxyl groups excluding tert-OH is 1. The van der Waals surface area contributed by atoms with Crippen LogP contribution in [0.3, 0.4) is 0 Å². The van der Waals surface area contributed by atoms with Crippen LogP contribution in [-0.2, 0) is 112 Å². The predicted molar refractivity (Wildman–Crippen MR) is 543 cm³/mol. The van der Waals surface area contributed by atoms with Crippen molar-refractivity contribution in [3.05, 3.63) is 162 Å². The van der Waals surface area contributed by atoms with Gasteiger partial charge in [-0.25, -0.2) is 0 Å². The Morgan fingerprint density at radius 1 is 0.452 bits per heavy atom. The Morgan fingerprint density at radius 3 is 1.40 bits per heavy atom. The van der Waals surface area contributed by atoms with Gasteiger partial charge < -0.3 is 139 Å². The first-order valence-corrected chi connectivity index (χ1v) is 49.3. The molecule has 1 saturated heterocycles. The van der Waals surface area contributed by atoms with Crippen LogP contribution in [0.2, 0.25) is 0 Å². The number of carboxylic acid groups (broad SMARTS) is 1. The number of amides is 17. The minimum absolute atomic E-state index is 0.00195. The summed E-state index contributed by atoms with van der Waals surface area (Å²) in [6, 6.07) is 10.9. The highest BCUT2D eigenvalue weighted by Gasteiger charge is 2.42. The molecule has 0 aliphatic carbocycles. The van der Waals surface area contributed by atoms with Gasteiger partial charge in [0.2, 0.25) is 100 Å². The van der Waals surface area contributed by atoms with E-state index in [-0.39, 0.29) is 88.7 Å². The second-order valence-corrected chi connectivity index (χ2v) is 38.0. The van der Waals surface area contributed by atoms with Crippen LogP contribution < -0.4 is 114 Å². The number of thioether (sulfide) groups is 1. The Hall–Kier alpha value is -15.3. The molecule has 146 heavy (non-hydrogen) atoms. The zero-order valence-electron chi connectivity index (χ0n) is 83.1. The average Bonchev–Trinajstić information content (AvgIpc) is 1.63. The third-order valence-electron chi connectivity index (χ3n) is 24.0. The highest BCUT2D eigenvalue weighted by Crippen LogP contribution is 2.25. The van der Waals surface area contributed by atoms with E-state index in [2.05, 4.69) is 90.1 Å². The maximum absolute atomic E-state index is 15.7. The number of H-pyrrole nitrogens is 1. The SMILES string of the molecule is CC(C)C[C@@H]1NC(=O)[C@H](CCCNC(=N)N)NC(=O)[C@H](Cc2ccccc2)N(C)C(=O)[C@H](CCCCN)NC(=O)[C@H](CCCNC(=N)N)NC(=O)[C@H](Cc2ccc(-c3ccccc3)cc2)NC(=O)[C@H](C(C)C)NC(=O)[C@H](Cc2c[nH]c3ccccc23)NC(=O)[C@H](CC(=O)O)NC(=O)[C@H](Cc2ccc(O)cc2)NC(=O)[C@H](CC(N)=O)NC(=O)CSC[C@@H](C(=O)N[C@@H](C)C(N)=O)NC(=O)[C@H]([C@@H](C)O)NC(=O)[C@H](C(C)C)NC1=O. The van der Waals surface area contributed by atoms with Gasteiger partial charge in [-0.15, -0.1) is 11.8 Å². The van der Waals surface area contributed by atoms with Crippen LogP contribution in [0.5, 0.6) is 5.75 Å². The first-order valence-electron chi connectivity index (χ1n) is 48.1. The average molecular weight is 2050 g/mol. The number of aliphatic hydroxyl groups is 1. The highest BCUT2D eigenvalue weighted by molar-refractivity contribution is 8.00. The van der Waals surface area contributed by atoms with Crippen molar-refractivity contribution in [2.45, 2.75) is 242 Å². The van der Waals surface area contributed by atoms with E-state index in [1.165, 1.54) is 58.3 Å². The molecule has 7 rings (SSSR count). The van der Waals surface area contributed by atoms with Crippen LogP contribution in [0.15, 0.2) is 140 Å². The Morgan fingerprint density at radius 2 is 0.877 bits per heavy atom. The van der Waals surface area contributed by atoms with Crippen LogP contribution >= 0.6 is 11.8 Å². The topological polar surface area (TPSA) is 757 Å². The Kier molecular flexibility index (Phi) is 47.1. The Labute approximate surface area is 849 Å². The fraction of sp³-hybridized carbons (Fsp3) is 0.475. The molecule has 1 aliphatic rings. The Balaban J connectivity index is 1.39. The number of carbonyl (C=O) groups excluding carboxylic acids is 17. The molecule has 6 aromatic rings. The lowest BCUT2D eigenvalue weighted by Gasteiger charge is -2.33. The monoisotopic (exact) mass is 2050 g/mol. The van der Waals surface area contributed by atoms with E-state index >= 15 is 43.2 Å². The summed E-state index contributed by atoms with van der Waals surface area (Å²) in [6.07, 6.45) is -4.18. The number of nitrogens with one attached hydrogen (secondary N) is 19. The van der Waals surface area contributed by atoms with Gasteiger partial charge in [0, 0.05) is 68.7 Å². The molecule has 2 heterocycles. The summed E-state index contributed by atoms with van der Waals surface area (Å²) in [4.78, 5) is 269. The van der Waals surface area contributed by atoms with Crippen LogP contribution in [0.25, 0.3) is 22.0 Å². The van der Waals surface area contributed by atoms with Gasteiger partial charge >= 0.3 is 5.97 Å². The van der Waals surface area contributed by atoms with Gasteiger partial charge in [0.1, 0.15) is 96.4 Å². The maximum atomic E-state index is 15.7. The number of hydrogen-bond acceptors (Lipinski definition) is 24. The fourth-order valence-electron chi connectivity index (χ4n) is 15.9. The summed E-state index contributed by atoms with van der Waals surface area (Å²) >= 11 is 0.603. The molecular weight excluding hydrogens is 1910 g/mol. The highest BCUT2D eigenvalue weighted by atomic mass is 32.2. The van der Waals surface area contributed by atoms with E-state index in [0.29, 0.717) is 45.8 Å². The number of carbonyl (C=O) groups is 18. The normalized spacial score (nSPS) is 22.6. The summed E-state index contributed by atoms with van der Waals surface area (Å²) in [5, 5.41) is 89.9. The molecule has 0 unspecified atom stereocenters. The van der Waals surface area contributed by atoms with Crippen LogP contribution in [-0.4, -0.2) is 278 Å². The van der Waals surface area contributed by atoms with E-state index in [0.717, 1.165) is 23.0 Å². The number of hydrogen-bond donors (Lipinski definition) is 27. The number of nitrogens with two attached hydrogens (primary N) is 5. The van der Waals surface area contributed by atoms with Gasteiger partial charge in [0.25, 0.3) is 0 Å².